The van der Waals surface area contributed by atoms with Crippen molar-refractivity contribution in [2.24, 2.45) is 4.40 Å². The molecule has 0 fully saturated rings. The fourth-order valence-electron chi connectivity index (χ4n) is 1.10. The van der Waals surface area contributed by atoms with E-state index in [9.17, 15) is 4.21 Å². The summed E-state index contributed by atoms with van der Waals surface area (Å²) in [6.07, 6.45) is 1.61. The Morgan fingerprint density at radius 3 is 1.93 bits per heavy atom. The number of hydrogen-bond donors (Lipinski definition) is 0. The van der Waals surface area contributed by atoms with Crippen molar-refractivity contribution in [1.82, 2.24) is 0 Å². The van der Waals surface area contributed by atoms with Crippen LogP contribution in [-0.2, 0) is 11.0 Å². The fraction of sp³-hybridized carbons (Fsp3) is 0.909. The molecule has 0 heterocycles. The highest BCUT2D eigenvalue weighted by atomic mass is 35.5. The zero-order valence-electron chi connectivity index (χ0n) is 10.6. The molecule has 2 nitrogen and oxygen atoms in total. The first-order valence-corrected chi connectivity index (χ1v) is 6.82. The van der Waals surface area contributed by atoms with Crippen molar-refractivity contribution in [2.75, 3.05) is 0 Å². The maximum Gasteiger partial charge on any atom is 0.144 e. The second-order valence-electron chi connectivity index (χ2n) is 4.71. The predicted molar refractivity (Wildman–Crippen MR) is 70.2 cm³/mol. The summed E-state index contributed by atoms with van der Waals surface area (Å²) >= 11 is 6.39. The molecule has 0 aromatic rings. The molecule has 0 aliphatic carbocycles. The van der Waals surface area contributed by atoms with Crippen molar-refractivity contribution in [1.29, 1.82) is 0 Å². The average Bonchev–Trinajstić information content (AvgIpc) is 2.14. The zero-order chi connectivity index (χ0) is 12.3. The third-order valence-electron chi connectivity index (χ3n) is 2.51. The van der Waals surface area contributed by atoms with Gasteiger partial charge in [0, 0.05) is 5.71 Å². The number of nitrogens with zero attached hydrogens (tertiary/aromatic N) is 1. The van der Waals surface area contributed by atoms with Crippen LogP contribution in [0, 0.1) is 0 Å². The lowest BCUT2D eigenvalue weighted by molar-refractivity contribution is 0.647. The molecule has 1 unspecified atom stereocenters. The van der Waals surface area contributed by atoms with Crippen molar-refractivity contribution >= 4 is 28.3 Å². The largest absolute Gasteiger partial charge is 0.234 e. The van der Waals surface area contributed by atoms with Gasteiger partial charge in [-0.1, -0.05) is 13.8 Å². The molecule has 0 aliphatic heterocycles. The third-order valence-corrected chi connectivity index (χ3v) is 4.81. The summed E-state index contributed by atoms with van der Waals surface area (Å²) in [5.74, 6) is 0. The molecule has 0 amide bonds. The highest BCUT2D eigenvalue weighted by molar-refractivity contribution is 7.85. The van der Waals surface area contributed by atoms with Gasteiger partial charge in [0.2, 0.25) is 0 Å². The van der Waals surface area contributed by atoms with Gasteiger partial charge in [-0.2, -0.15) is 4.40 Å². The van der Waals surface area contributed by atoms with Gasteiger partial charge in [-0.15, -0.1) is 11.6 Å². The van der Waals surface area contributed by atoms with Gasteiger partial charge in [0.05, 0.1) is 9.62 Å². The van der Waals surface area contributed by atoms with Crippen LogP contribution in [0.2, 0.25) is 0 Å². The quantitative estimate of drug-likeness (QED) is 0.553. The monoisotopic (exact) mass is 251 g/mol. The lowest BCUT2D eigenvalue weighted by atomic mass is 9.98. The lowest BCUT2D eigenvalue weighted by Gasteiger charge is -2.24. The molecule has 0 radical (unpaired) electrons. The van der Waals surface area contributed by atoms with Crippen LogP contribution in [0.1, 0.15) is 54.4 Å². The Balaban J connectivity index is 4.92. The van der Waals surface area contributed by atoms with Gasteiger partial charge in [-0.25, -0.2) is 4.21 Å². The standard InChI is InChI=1S/C11H22ClNOS/c1-7-11(12,8-2)9(3)13-15(14)10(4,5)6/h7-8H2,1-6H3/b13-9+. The van der Waals surface area contributed by atoms with Crippen LogP contribution >= 0.6 is 11.6 Å². The van der Waals surface area contributed by atoms with E-state index in [1.54, 1.807) is 0 Å². The number of halogens is 1. The molecular weight excluding hydrogens is 230 g/mol. The van der Waals surface area contributed by atoms with E-state index < -0.39 is 15.9 Å². The van der Waals surface area contributed by atoms with Crippen LogP contribution in [0.4, 0.5) is 0 Å². The first kappa shape index (κ1) is 15.1. The van der Waals surface area contributed by atoms with Gasteiger partial charge in [-0.05, 0) is 40.5 Å². The lowest BCUT2D eigenvalue weighted by Crippen LogP contribution is -2.31. The molecule has 0 saturated heterocycles. The molecule has 0 aliphatic rings. The van der Waals surface area contributed by atoms with Crippen LogP contribution in [0.15, 0.2) is 4.40 Å². The number of rotatable bonds is 4. The Hall–Kier alpha value is 0.110. The van der Waals surface area contributed by atoms with Crippen LogP contribution in [0.3, 0.4) is 0 Å². The Bertz CT molecular complexity index is 264. The van der Waals surface area contributed by atoms with Crippen molar-refractivity contribution in [3.8, 4) is 0 Å². The van der Waals surface area contributed by atoms with Gasteiger partial charge in [-0.3, -0.25) is 0 Å². The van der Waals surface area contributed by atoms with Gasteiger partial charge in [0.1, 0.15) is 11.0 Å². The number of alkyl halides is 1. The van der Waals surface area contributed by atoms with Gasteiger partial charge < -0.3 is 0 Å². The van der Waals surface area contributed by atoms with Crippen molar-refractivity contribution in [3.63, 3.8) is 0 Å². The topological polar surface area (TPSA) is 29.4 Å². The molecule has 1 atom stereocenters. The minimum atomic E-state index is -1.21. The summed E-state index contributed by atoms with van der Waals surface area (Å²) in [5, 5.41) is 0. The predicted octanol–water partition coefficient (Wildman–Crippen LogP) is 3.71. The molecular formula is C11H22ClNOS. The highest BCUT2D eigenvalue weighted by Gasteiger charge is 2.28. The molecule has 15 heavy (non-hydrogen) atoms. The molecule has 0 aromatic carbocycles. The summed E-state index contributed by atoms with van der Waals surface area (Å²) in [5.41, 5.74) is 0.780. The molecule has 0 N–H and O–H groups in total. The maximum absolute atomic E-state index is 11.8. The third kappa shape index (κ3) is 4.23. The van der Waals surface area contributed by atoms with Gasteiger partial charge in [0.25, 0.3) is 0 Å². The second-order valence-corrected chi connectivity index (χ2v) is 7.34. The van der Waals surface area contributed by atoms with Crippen molar-refractivity contribution in [3.05, 3.63) is 0 Å². The molecule has 0 saturated carbocycles. The Kier molecular flexibility index (Phi) is 5.48. The minimum Gasteiger partial charge on any atom is -0.234 e. The molecule has 0 spiro atoms. The van der Waals surface area contributed by atoms with E-state index in [-0.39, 0.29) is 4.75 Å². The molecule has 0 bridgehead atoms. The summed E-state index contributed by atoms with van der Waals surface area (Å²) in [6.45, 7) is 11.6. The Morgan fingerprint density at radius 2 is 1.67 bits per heavy atom. The van der Waals surface area contributed by atoms with Crippen LogP contribution < -0.4 is 0 Å². The Morgan fingerprint density at radius 1 is 1.27 bits per heavy atom. The van der Waals surface area contributed by atoms with Gasteiger partial charge in [0.15, 0.2) is 0 Å². The van der Waals surface area contributed by atoms with Crippen LogP contribution in [0.5, 0.6) is 0 Å². The Labute approximate surface area is 101 Å². The first-order valence-electron chi connectivity index (χ1n) is 5.34. The summed E-state index contributed by atoms with van der Waals surface area (Å²) < 4.78 is 15.7. The van der Waals surface area contributed by atoms with Crippen LogP contribution in [0.25, 0.3) is 0 Å². The summed E-state index contributed by atoms with van der Waals surface area (Å²) in [6, 6.07) is 0. The smallest absolute Gasteiger partial charge is 0.144 e. The number of hydrogen-bond acceptors (Lipinski definition) is 1. The van der Waals surface area contributed by atoms with E-state index in [1.807, 2.05) is 41.5 Å². The van der Waals surface area contributed by atoms with E-state index >= 15 is 0 Å². The van der Waals surface area contributed by atoms with Gasteiger partial charge >= 0.3 is 0 Å². The van der Waals surface area contributed by atoms with E-state index in [2.05, 4.69) is 4.40 Å². The summed E-state index contributed by atoms with van der Waals surface area (Å²) in [7, 11) is -1.21. The van der Waals surface area contributed by atoms with E-state index in [4.69, 9.17) is 11.6 Å². The summed E-state index contributed by atoms with van der Waals surface area (Å²) in [4.78, 5) is -0.430. The minimum absolute atomic E-state index is 0.319. The van der Waals surface area contributed by atoms with Crippen LogP contribution in [-0.4, -0.2) is 19.5 Å². The van der Waals surface area contributed by atoms with E-state index in [1.165, 1.54) is 0 Å². The second kappa shape index (κ2) is 5.44. The fourth-order valence-corrected chi connectivity index (χ4v) is 1.89. The molecule has 90 valence electrons. The first-order chi connectivity index (χ1) is 6.67. The molecule has 0 rings (SSSR count). The zero-order valence-corrected chi connectivity index (χ0v) is 12.1. The normalized spacial score (nSPS) is 16.6. The van der Waals surface area contributed by atoms with E-state index in [0.717, 1.165) is 18.6 Å². The van der Waals surface area contributed by atoms with Crippen molar-refractivity contribution in [2.45, 2.75) is 64.0 Å². The highest BCUT2D eigenvalue weighted by Crippen LogP contribution is 2.27. The van der Waals surface area contributed by atoms with Crippen molar-refractivity contribution < 1.29 is 4.21 Å². The molecule has 0 aromatic heterocycles. The average molecular weight is 252 g/mol. The maximum atomic E-state index is 11.8. The van der Waals surface area contributed by atoms with E-state index in [0.29, 0.717) is 0 Å². The molecule has 4 heteroatoms. The SMILES string of the molecule is CCC(Cl)(CC)/C(C)=N/S(=O)C(C)(C)C.